The molecular formula is C17H16N4O3. The van der Waals surface area contributed by atoms with E-state index in [0.717, 1.165) is 16.5 Å². The van der Waals surface area contributed by atoms with Crippen LogP contribution in [0.15, 0.2) is 54.7 Å². The van der Waals surface area contributed by atoms with Crippen LogP contribution in [0.2, 0.25) is 0 Å². The van der Waals surface area contributed by atoms with Crippen LogP contribution >= 0.6 is 0 Å². The minimum atomic E-state index is -0.500. The number of carbonyl (C=O) groups excluding carboxylic acids is 1. The first-order chi connectivity index (χ1) is 11.6. The van der Waals surface area contributed by atoms with E-state index in [1.165, 1.54) is 18.2 Å². The fraction of sp³-hybridized carbons (Fsp3) is 0.118. The second-order valence-corrected chi connectivity index (χ2v) is 5.30. The molecule has 2 amide bonds. The van der Waals surface area contributed by atoms with Gasteiger partial charge in [0.1, 0.15) is 0 Å². The normalized spacial score (nSPS) is 10.5. The second kappa shape index (κ2) is 6.82. The number of nitrogens with zero attached hydrogens (tertiary/aromatic N) is 1. The predicted octanol–water partition coefficient (Wildman–Crippen LogP) is 3.44. The molecule has 0 radical (unpaired) electrons. The molecule has 2 aromatic carbocycles. The molecule has 3 aromatic rings. The zero-order chi connectivity index (χ0) is 16.9. The van der Waals surface area contributed by atoms with Crippen LogP contribution in [0.5, 0.6) is 0 Å². The number of benzene rings is 2. The molecule has 3 rings (SSSR count). The third-order valence-corrected chi connectivity index (χ3v) is 3.67. The monoisotopic (exact) mass is 324 g/mol. The van der Waals surface area contributed by atoms with Crippen molar-refractivity contribution >= 4 is 28.3 Å². The highest BCUT2D eigenvalue weighted by Crippen LogP contribution is 2.18. The lowest BCUT2D eigenvalue weighted by molar-refractivity contribution is -0.384. The average molecular weight is 324 g/mol. The highest BCUT2D eigenvalue weighted by atomic mass is 16.6. The Kier molecular flexibility index (Phi) is 4.42. The van der Waals surface area contributed by atoms with Crippen LogP contribution in [0.4, 0.5) is 16.2 Å². The van der Waals surface area contributed by atoms with E-state index in [9.17, 15) is 14.9 Å². The molecule has 122 valence electrons. The van der Waals surface area contributed by atoms with Crippen LogP contribution in [0.1, 0.15) is 5.56 Å². The maximum Gasteiger partial charge on any atom is 0.319 e. The molecule has 0 unspecified atom stereocenters. The molecule has 0 spiro atoms. The molecule has 0 fully saturated rings. The fourth-order valence-electron chi connectivity index (χ4n) is 2.52. The number of amides is 2. The number of aromatic nitrogens is 1. The number of rotatable bonds is 5. The second-order valence-electron chi connectivity index (χ2n) is 5.30. The third-order valence-electron chi connectivity index (χ3n) is 3.67. The number of hydrogen-bond donors (Lipinski definition) is 3. The number of H-pyrrole nitrogens is 1. The lowest BCUT2D eigenvalue weighted by atomic mass is 10.1. The van der Waals surface area contributed by atoms with Gasteiger partial charge in [-0.1, -0.05) is 24.3 Å². The van der Waals surface area contributed by atoms with Gasteiger partial charge in [-0.3, -0.25) is 10.1 Å². The van der Waals surface area contributed by atoms with Crippen molar-refractivity contribution in [3.8, 4) is 0 Å². The molecule has 0 saturated carbocycles. The van der Waals surface area contributed by atoms with Gasteiger partial charge in [0.05, 0.1) is 4.92 Å². The number of fused-ring (bicyclic) bond motifs is 1. The van der Waals surface area contributed by atoms with Crippen molar-refractivity contribution in [2.24, 2.45) is 0 Å². The molecule has 0 aliphatic carbocycles. The van der Waals surface area contributed by atoms with E-state index in [4.69, 9.17) is 0 Å². The first kappa shape index (κ1) is 15.5. The first-order valence-corrected chi connectivity index (χ1v) is 7.48. The number of carbonyl (C=O) groups is 1. The van der Waals surface area contributed by atoms with Crippen molar-refractivity contribution in [2.75, 3.05) is 11.9 Å². The zero-order valence-electron chi connectivity index (χ0n) is 12.8. The van der Waals surface area contributed by atoms with Gasteiger partial charge in [-0.05, 0) is 24.1 Å². The number of nitrogens with one attached hydrogen (secondary N) is 3. The standard InChI is InChI=1S/C17H16N4O3/c22-17(20-13-4-3-5-14(10-13)21(23)24)18-9-8-12-11-19-16-7-2-1-6-15(12)16/h1-7,10-11,19H,8-9H2,(H2,18,20,22). The van der Waals surface area contributed by atoms with Gasteiger partial charge in [-0.25, -0.2) is 4.79 Å². The van der Waals surface area contributed by atoms with Crippen LogP contribution in [0.25, 0.3) is 10.9 Å². The first-order valence-electron chi connectivity index (χ1n) is 7.48. The van der Waals surface area contributed by atoms with Gasteiger partial charge in [-0.2, -0.15) is 0 Å². The predicted molar refractivity (Wildman–Crippen MR) is 92.1 cm³/mol. The fourth-order valence-corrected chi connectivity index (χ4v) is 2.52. The number of aromatic amines is 1. The van der Waals surface area contributed by atoms with E-state index in [2.05, 4.69) is 15.6 Å². The molecule has 3 N–H and O–H groups in total. The van der Waals surface area contributed by atoms with Crippen molar-refractivity contribution in [1.82, 2.24) is 10.3 Å². The van der Waals surface area contributed by atoms with E-state index in [1.54, 1.807) is 6.07 Å². The molecule has 1 aromatic heterocycles. The molecule has 7 nitrogen and oxygen atoms in total. The molecular weight excluding hydrogens is 308 g/mol. The molecule has 0 bridgehead atoms. The van der Waals surface area contributed by atoms with E-state index < -0.39 is 11.0 Å². The van der Waals surface area contributed by atoms with Crippen LogP contribution in [0, 0.1) is 10.1 Å². The molecule has 0 saturated heterocycles. The summed E-state index contributed by atoms with van der Waals surface area (Å²) >= 11 is 0. The summed E-state index contributed by atoms with van der Waals surface area (Å²) in [4.78, 5) is 25.3. The summed E-state index contributed by atoms with van der Waals surface area (Å²) in [7, 11) is 0. The van der Waals surface area contributed by atoms with E-state index in [-0.39, 0.29) is 5.69 Å². The highest BCUT2D eigenvalue weighted by molar-refractivity contribution is 5.89. The molecule has 0 aliphatic rings. The summed E-state index contributed by atoms with van der Waals surface area (Å²) < 4.78 is 0. The van der Waals surface area contributed by atoms with Crippen LogP contribution in [-0.4, -0.2) is 22.5 Å². The number of para-hydroxylation sites is 1. The largest absolute Gasteiger partial charge is 0.361 e. The van der Waals surface area contributed by atoms with Gasteiger partial charge in [0.2, 0.25) is 0 Å². The Labute approximate surface area is 137 Å². The van der Waals surface area contributed by atoms with Crippen molar-refractivity contribution in [2.45, 2.75) is 6.42 Å². The summed E-state index contributed by atoms with van der Waals surface area (Å²) in [5.41, 5.74) is 2.51. The quantitative estimate of drug-likeness (QED) is 0.495. The summed E-state index contributed by atoms with van der Waals surface area (Å²) in [6, 6.07) is 13.4. The third kappa shape index (κ3) is 3.52. The van der Waals surface area contributed by atoms with Gasteiger partial charge in [0, 0.05) is 41.5 Å². The van der Waals surface area contributed by atoms with Crippen LogP contribution in [-0.2, 0) is 6.42 Å². The zero-order valence-corrected chi connectivity index (χ0v) is 12.8. The van der Waals surface area contributed by atoms with E-state index >= 15 is 0 Å². The Morgan fingerprint density at radius 3 is 2.83 bits per heavy atom. The Bertz CT molecular complexity index is 888. The number of non-ortho nitro benzene ring substituents is 1. The molecule has 1 heterocycles. The van der Waals surface area contributed by atoms with Gasteiger partial charge >= 0.3 is 6.03 Å². The maximum atomic E-state index is 11.9. The number of nitro groups is 1. The topological polar surface area (TPSA) is 100 Å². The Balaban J connectivity index is 1.54. The number of nitro benzene ring substituents is 1. The van der Waals surface area contributed by atoms with Gasteiger partial charge in [0.25, 0.3) is 5.69 Å². The summed E-state index contributed by atoms with van der Waals surface area (Å²) in [5, 5.41) is 17.2. The minimum absolute atomic E-state index is 0.0633. The van der Waals surface area contributed by atoms with Gasteiger partial charge in [0.15, 0.2) is 0 Å². The van der Waals surface area contributed by atoms with Crippen LogP contribution in [0.3, 0.4) is 0 Å². The number of urea groups is 1. The lowest BCUT2D eigenvalue weighted by Crippen LogP contribution is -2.30. The van der Waals surface area contributed by atoms with Crippen LogP contribution < -0.4 is 10.6 Å². The van der Waals surface area contributed by atoms with Crippen molar-refractivity contribution in [3.63, 3.8) is 0 Å². The smallest absolute Gasteiger partial charge is 0.319 e. The number of hydrogen-bond acceptors (Lipinski definition) is 3. The van der Waals surface area contributed by atoms with E-state index in [0.29, 0.717) is 18.7 Å². The minimum Gasteiger partial charge on any atom is -0.361 e. The SMILES string of the molecule is O=C(NCCc1c[nH]c2ccccc12)Nc1cccc([N+](=O)[O-])c1. The Hall–Kier alpha value is -3.35. The van der Waals surface area contributed by atoms with Gasteiger partial charge in [-0.15, -0.1) is 0 Å². The number of anilines is 1. The van der Waals surface area contributed by atoms with Crippen molar-refractivity contribution < 1.29 is 9.72 Å². The Morgan fingerprint density at radius 2 is 2.00 bits per heavy atom. The molecule has 24 heavy (non-hydrogen) atoms. The summed E-state index contributed by atoms with van der Waals surface area (Å²) in [5.74, 6) is 0. The maximum absolute atomic E-state index is 11.9. The van der Waals surface area contributed by atoms with Crippen molar-refractivity contribution in [1.29, 1.82) is 0 Å². The van der Waals surface area contributed by atoms with Gasteiger partial charge < -0.3 is 15.6 Å². The lowest BCUT2D eigenvalue weighted by Gasteiger charge is -2.07. The average Bonchev–Trinajstić information content (AvgIpc) is 2.98. The summed E-state index contributed by atoms with van der Waals surface area (Å²) in [6.45, 7) is 0.461. The van der Waals surface area contributed by atoms with E-state index in [1.807, 2.05) is 30.5 Å². The molecule has 7 heteroatoms. The summed E-state index contributed by atoms with van der Waals surface area (Å²) in [6.07, 6.45) is 2.62. The molecule has 0 aliphatic heterocycles. The van der Waals surface area contributed by atoms with Crippen molar-refractivity contribution in [3.05, 3.63) is 70.4 Å². The Morgan fingerprint density at radius 1 is 1.17 bits per heavy atom. The highest BCUT2D eigenvalue weighted by Gasteiger charge is 2.08. The molecule has 0 atom stereocenters.